The summed E-state index contributed by atoms with van der Waals surface area (Å²) < 4.78 is 9.09. The smallest absolute Gasteiger partial charge is 0.135 e. The first-order chi connectivity index (χ1) is 10.2. The van der Waals surface area contributed by atoms with Crippen molar-refractivity contribution < 1.29 is 4.74 Å². The number of hydrogen-bond acceptors (Lipinski definition) is 3. The van der Waals surface area contributed by atoms with Crippen LogP contribution in [0.1, 0.15) is 5.56 Å². The summed E-state index contributed by atoms with van der Waals surface area (Å²) >= 11 is 7.02. The van der Waals surface area contributed by atoms with Crippen molar-refractivity contribution in [2.75, 3.05) is 12.4 Å². The second-order valence-electron chi connectivity index (χ2n) is 4.52. The molecular weight excluding hydrogens is 398 g/mol. The van der Waals surface area contributed by atoms with Crippen molar-refractivity contribution in [3.63, 3.8) is 0 Å². The number of hydrogen-bond donors (Lipinski definition) is 1. The van der Waals surface area contributed by atoms with Crippen LogP contribution in [-0.2, 0) is 6.54 Å². The third kappa shape index (κ3) is 2.91. The number of pyridine rings is 1. The Kier molecular flexibility index (Phi) is 4.17. The van der Waals surface area contributed by atoms with Gasteiger partial charge in [-0.15, -0.1) is 0 Å². The van der Waals surface area contributed by atoms with Crippen molar-refractivity contribution in [2.24, 2.45) is 0 Å². The Morgan fingerprint density at radius 3 is 2.90 bits per heavy atom. The Morgan fingerprint density at radius 2 is 2.10 bits per heavy atom. The lowest BCUT2D eigenvalue weighted by atomic mass is 10.2. The molecule has 0 unspecified atom stereocenters. The molecule has 0 fully saturated rings. The molecule has 0 spiro atoms. The molecule has 1 aromatic carbocycles. The Hall–Kier alpha value is -1.53. The first-order valence-corrected chi connectivity index (χ1v) is 7.96. The van der Waals surface area contributed by atoms with Crippen LogP contribution in [0.2, 0.25) is 0 Å². The number of nitrogens with zero attached hydrogens (tertiary/aromatic N) is 2. The lowest BCUT2D eigenvalue weighted by Crippen LogP contribution is -2.00. The highest BCUT2D eigenvalue weighted by molar-refractivity contribution is 9.11. The zero-order chi connectivity index (χ0) is 14.8. The van der Waals surface area contributed by atoms with E-state index in [1.165, 1.54) is 0 Å². The molecule has 0 amide bonds. The number of fused-ring (bicyclic) bond motifs is 1. The maximum atomic E-state index is 5.32. The van der Waals surface area contributed by atoms with E-state index in [9.17, 15) is 0 Å². The van der Waals surface area contributed by atoms with Crippen molar-refractivity contribution in [2.45, 2.75) is 6.54 Å². The van der Waals surface area contributed by atoms with Gasteiger partial charge in [0.1, 0.15) is 5.75 Å². The van der Waals surface area contributed by atoms with Crippen LogP contribution >= 0.6 is 31.9 Å². The highest BCUT2D eigenvalue weighted by Crippen LogP contribution is 2.34. The average Bonchev–Trinajstić information content (AvgIpc) is 2.90. The van der Waals surface area contributed by atoms with Crippen LogP contribution in [0, 0.1) is 0 Å². The number of anilines is 1. The number of ether oxygens (including phenoxy) is 1. The molecular formula is C15H13Br2N3O. The van der Waals surface area contributed by atoms with Crippen LogP contribution in [0.25, 0.3) is 5.52 Å². The number of methoxy groups -OCH3 is 1. The van der Waals surface area contributed by atoms with E-state index in [0.717, 1.165) is 31.5 Å². The predicted octanol–water partition coefficient (Wildman–Crippen LogP) is 4.48. The van der Waals surface area contributed by atoms with Gasteiger partial charge in [-0.2, -0.15) is 5.10 Å². The van der Waals surface area contributed by atoms with E-state index >= 15 is 0 Å². The van der Waals surface area contributed by atoms with Gasteiger partial charge in [0.15, 0.2) is 0 Å². The first kappa shape index (κ1) is 14.4. The van der Waals surface area contributed by atoms with E-state index in [-0.39, 0.29) is 0 Å². The van der Waals surface area contributed by atoms with Crippen LogP contribution in [0.4, 0.5) is 5.69 Å². The van der Waals surface area contributed by atoms with Gasteiger partial charge < -0.3 is 10.1 Å². The van der Waals surface area contributed by atoms with Gasteiger partial charge in [0, 0.05) is 28.8 Å². The van der Waals surface area contributed by atoms with Gasteiger partial charge in [0.05, 0.1) is 29.0 Å². The van der Waals surface area contributed by atoms with Crippen LogP contribution in [0.5, 0.6) is 5.75 Å². The zero-order valence-corrected chi connectivity index (χ0v) is 14.5. The summed E-state index contributed by atoms with van der Waals surface area (Å²) in [6, 6.07) is 9.96. The lowest BCUT2D eigenvalue weighted by Gasteiger charge is -2.11. The van der Waals surface area contributed by atoms with Crippen molar-refractivity contribution in [1.82, 2.24) is 9.61 Å². The summed E-state index contributed by atoms with van der Waals surface area (Å²) in [5.41, 5.74) is 3.22. The number of nitrogens with one attached hydrogen (secondary N) is 1. The maximum absolute atomic E-state index is 5.32. The Morgan fingerprint density at radius 1 is 1.24 bits per heavy atom. The molecule has 6 heteroatoms. The molecule has 0 bridgehead atoms. The van der Waals surface area contributed by atoms with E-state index in [1.54, 1.807) is 7.11 Å². The number of benzene rings is 1. The molecule has 108 valence electrons. The fraction of sp³-hybridized carbons (Fsp3) is 0.133. The summed E-state index contributed by atoms with van der Waals surface area (Å²) in [6.07, 6.45) is 3.82. The summed E-state index contributed by atoms with van der Waals surface area (Å²) in [6.45, 7) is 0.691. The molecule has 3 rings (SSSR count). The fourth-order valence-corrected chi connectivity index (χ4v) is 3.43. The SMILES string of the molecule is COc1cc(NCc2cnn3ccccc23)c(Br)cc1Br. The van der Waals surface area contributed by atoms with Crippen LogP contribution < -0.4 is 10.1 Å². The van der Waals surface area contributed by atoms with Crippen molar-refractivity contribution in [1.29, 1.82) is 0 Å². The van der Waals surface area contributed by atoms with Gasteiger partial charge in [-0.1, -0.05) is 6.07 Å². The van der Waals surface area contributed by atoms with Crippen molar-refractivity contribution in [3.8, 4) is 5.75 Å². The third-order valence-corrected chi connectivity index (χ3v) is 4.49. The highest BCUT2D eigenvalue weighted by Gasteiger charge is 2.08. The molecule has 0 aliphatic heterocycles. The van der Waals surface area contributed by atoms with E-state index in [0.29, 0.717) is 6.54 Å². The van der Waals surface area contributed by atoms with E-state index in [4.69, 9.17) is 4.74 Å². The minimum Gasteiger partial charge on any atom is -0.495 e. The average molecular weight is 411 g/mol. The monoisotopic (exact) mass is 409 g/mol. The lowest BCUT2D eigenvalue weighted by molar-refractivity contribution is 0.412. The number of rotatable bonds is 4. The molecule has 0 aliphatic rings. The summed E-state index contributed by atoms with van der Waals surface area (Å²) in [7, 11) is 1.66. The fourth-order valence-electron chi connectivity index (χ4n) is 2.14. The number of aromatic nitrogens is 2. The Bertz CT molecular complexity index is 786. The van der Waals surface area contributed by atoms with E-state index < -0.39 is 0 Å². The maximum Gasteiger partial charge on any atom is 0.135 e. The van der Waals surface area contributed by atoms with E-state index in [1.807, 2.05) is 41.2 Å². The van der Waals surface area contributed by atoms with Crippen LogP contribution in [0.3, 0.4) is 0 Å². The predicted molar refractivity (Wildman–Crippen MR) is 90.9 cm³/mol. The highest BCUT2D eigenvalue weighted by atomic mass is 79.9. The summed E-state index contributed by atoms with van der Waals surface area (Å²) in [5, 5.41) is 7.74. The zero-order valence-electron chi connectivity index (χ0n) is 11.3. The third-order valence-electron chi connectivity index (χ3n) is 3.22. The largest absolute Gasteiger partial charge is 0.495 e. The second kappa shape index (κ2) is 6.07. The van der Waals surface area contributed by atoms with Crippen molar-refractivity contribution in [3.05, 3.63) is 57.2 Å². The molecule has 2 heterocycles. The number of halogens is 2. The Labute approximate surface area is 139 Å². The van der Waals surface area contributed by atoms with Crippen molar-refractivity contribution >= 4 is 43.1 Å². The van der Waals surface area contributed by atoms with Gasteiger partial charge in [0.25, 0.3) is 0 Å². The molecule has 0 aliphatic carbocycles. The molecule has 21 heavy (non-hydrogen) atoms. The molecule has 0 saturated carbocycles. The van der Waals surface area contributed by atoms with Gasteiger partial charge >= 0.3 is 0 Å². The molecule has 0 atom stereocenters. The molecule has 1 N–H and O–H groups in total. The topological polar surface area (TPSA) is 38.6 Å². The summed E-state index contributed by atoms with van der Waals surface area (Å²) in [5.74, 6) is 0.792. The van der Waals surface area contributed by atoms with Crippen LogP contribution in [-0.4, -0.2) is 16.7 Å². The first-order valence-electron chi connectivity index (χ1n) is 6.37. The van der Waals surface area contributed by atoms with Gasteiger partial charge in [-0.25, -0.2) is 4.52 Å². The molecule has 0 saturated heterocycles. The molecule has 3 aromatic rings. The van der Waals surface area contributed by atoms with Crippen LogP contribution in [0.15, 0.2) is 51.7 Å². The molecule has 0 radical (unpaired) electrons. The standard InChI is InChI=1S/C15H13Br2N3O/c1-21-15-7-13(11(16)6-12(15)17)18-8-10-9-19-20-5-3-2-4-14(10)20/h2-7,9,18H,8H2,1H3. The van der Waals surface area contributed by atoms with Gasteiger partial charge in [-0.05, 0) is 50.1 Å². The van der Waals surface area contributed by atoms with E-state index in [2.05, 4.69) is 48.3 Å². The minimum absolute atomic E-state index is 0.691. The Balaban J connectivity index is 1.85. The van der Waals surface area contributed by atoms with Gasteiger partial charge in [0.2, 0.25) is 0 Å². The quantitative estimate of drug-likeness (QED) is 0.689. The normalized spacial score (nSPS) is 10.8. The molecule has 4 nitrogen and oxygen atoms in total. The second-order valence-corrected chi connectivity index (χ2v) is 6.23. The minimum atomic E-state index is 0.691. The molecule has 2 aromatic heterocycles. The summed E-state index contributed by atoms with van der Waals surface area (Å²) in [4.78, 5) is 0. The van der Waals surface area contributed by atoms with Gasteiger partial charge in [-0.3, -0.25) is 0 Å².